The minimum Gasteiger partial charge on any atom is -0.385 e. The summed E-state index contributed by atoms with van der Waals surface area (Å²) in [5, 5.41) is 5.33. The Balaban J connectivity index is 1.82. The monoisotopic (exact) mass is 268 g/mol. The van der Waals surface area contributed by atoms with E-state index < -0.39 is 0 Å². The molecule has 0 aliphatic carbocycles. The lowest BCUT2D eigenvalue weighted by molar-refractivity contribution is -0.128. The van der Waals surface area contributed by atoms with Gasteiger partial charge in [-0.25, -0.2) is 0 Å². The van der Waals surface area contributed by atoms with E-state index in [9.17, 15) is 4.79 Å². The van der Waals surface area contributed by atoms with E-state index in [0.717, 1.165) is 32.4 Å². The van der Waals surface area contributed by atoms with E-state index in [4.69, 9.17) is 4.74 Å². The van der Waals surface area contributed by atoms with Gasteiger partial charge in [0.05, 0.1) is 6.54 Å². The SMILES string of the molecule is COCCCCCN1C(=O)CNC1c1cccs1. The van der Waals surface area contributed by atoms with Gasteiger partial charge in [-0.1, -0.05) is 6.07 Å². The molecule has 2 rings (SSSR count). The van der Waals surface area contributed by atoms with Crippen LogP contribution in [0.3, 0.4) is 0 Å². The number of nitrogens with zero attached hydrogens (tertiary/aromatic N) is 1. The van der Waals surface area contributed by atoms with Crippen LogP contribution >= 0.6 is 11.3 Å². The number of amides is 1. The maximum atomic E-state index is 11.8. The van der Waals surface area contributed by atoms with Gasteiger partial charge in [0.15, 0.2) is 0 Å². The molecule has 1 aliphatic rings. The molecule has 1 aliphatic heterocycles. The normalized spacial score (nSPS) is 19.7. The van der Waals surface area contributed by atoms with Crippen molar-refractivity contribution in [3.8, 4) is 0 Å². The van der Waals surface area contributed by atoms with E-state index in [1.807, 2.05) is 11.0 Å². The Morgan fingerprint density at radius 1 is 1.50 bits per heavy atom. The predicted molar refractivity (Wildman–Crippen MR) is 72.5 cm³/mol. The lowest BCUT2D eigenvalue weighted by Crippen LogP contribution is -2.30. The maximum Gasteiger partial charge on any atom is 0.238 e. The van der Waals surface area contributed by atoms with E-state index in [1.165, 1.54) is 4.88 Å². The van der Waals surface area contributed by atoms with Gasteiger partial charge in [0.1, 0.15) is 6.17 Å². The van der Waals surface area contributed by atoms with E-state index >= 15 is 0 Å². The van der Waals surface area contributed by atoms with Crippen LogP contribution in [0.2, 0.25) is 0 Å². The second-order valence-corrected chi connectivity index (χ2v) is 5.42. The molecule has 0 saturated carbocycles. The Kier molecular flexibility index (Phi) is 5.16. The van der Waals surface area contributed by atoms with Crippen LogP contribution in [0.4, 0.5) is 0 Å². The van der Waals surface area contributed by atoms with Crippen molar-refractivity contribution in [3.63, 3.8) is 0 Å². The number of ether oxygens (including phenoxy) is 1. The van der Waals surface area contributed by atoms with Crippen LogP contribution in [-0.2, 0) is 9.53 Å². The first-order valence-electron chi connectivity index (χ1n) is 6.38. The van der Waals surface area contributed by atoms with Gasteiger partial charge in [-0.3, -0.25) is 10.1 Å². The summed E-state index contributed by atoms with van der Waals surface area (Å²) in [7, 11) is 1.72. The van der Waals surface area contributed by atoms with Crippen LogP contribution in [0.1, 0.15) is 30.3 Å². The molecule has 0 radical (unpaired) electrons. The van der Waals surface area contributed by atoms with Crippen LogP contribution in [-0.4, -0.2) is 37.6 Å². The highest BCUT2D eigenvalue weighted by atomic mass is 32.1. The molecule has 0 aromatic carbocycles. The third-order valence-electron chi connectivity index (χ3n) is 3.14. The van der Waals surface area contributed by atoms with E-state index in [1.54, 1.807) is 18.4 Å². The van der Waals surface area contributed by atoms with Crippen molar-refractivity contribution in [3.05, 3.63) is 22.4 Å². The second-order valence-electron chi connectivity index (χ2n) is 4.44. The number of rotatable bonds is 7. The maximum absolute atomic E-state index is 11.8. The predicted octanol–water partition coefficient (Wildman–Crippen LogP) is 2.00. The fraction of sp³-hybridized carbons (Fsp3) is 0.615. The van der Waals surface area contributed by atoms with Gasteiger partial charge in [0.2, 0.25) is 5.91 Å². The van der Waals surface area contributed by atoms with Crippen LogP contribution in [0.25, 0.3) is 0 Å². The highest BCUT2D eigenvalue weighted by Gasteiger charge is 2.31. The van der Waals surface area contributed by atoms with Crippen molar-refractivity contribution in [2.75, 3.05) is 26.8 Å². The lowest BCUT2D eigenvalue weighted by atomic mass is 10.2. The Hall–Kier alpha value is -0.910. The standard InChI is InChI=1S/C13H20N2O2S/c1-17-8-4-2-3-7-15-12(16)10-14-13(15)11-6-5-9-18-11/h5-6,9,13-14H,2-4,7-8,10H2,1H3. The fourth-order valence-corrected chi connectivity index (χ4v) is 3.01. The topological polar surface area (TPSA) is 41.6 Å². The van der Waals surface area contributed by atoms with E-state index in [0.29, 0.717) is 6.54 Å². The van der Waals surface area contributed by atoms with Crippen LogP contribution in [0.5, 0.6) is 0 Å². The Labute approximate surface area is 112 Å². The van der Waals surface area contributed by atoms with Crippen molar-refractivity contribution in [1.82, 2.24) is 10.2 Å². The minimum atomic E-state index is 0.0833. The summed E-state index contributed by atoms with van der Waals surface area (Å²) < 4.78 is 5.02. The molecule has 1 amide bonds. The van der Waals surface area contributed by atoms with Gasteiger partial charge >= 0.3 is 0 Å². The zero-order chi connectivity index (χ0) is 12.8. The van der Waals surface area contributed by atoms with Crippen LogP contribution in [0.15, 0.2) is 17.5 Å². The number of hydrogen-bond donors (Lipinski definition) is 1. The lowest BCUT2D eigenvalue weighted by Gasteiger charge is -2.23. The molecule has 1 aromatic heterocycles. The fourth-order valence-electron chi connectivity index (χ4n) is 2.20. The van der Waals surface area contributed by atoms with Gasteiger partial charge in [-0.05, 0) is 30.7 Å². The first-order valence-corrected chi connectivity index (χ1v) is 7.26. The van der Waals surface area contributed by atoms with Gasteiger partial charge in [0, 0.05) is 25.1 Å². The molecule has 1 N–H and O–H groups in total. The molecule has 1 unspecified atom stereocenters. The molecule has 1 fully saturated rings. The quantitative estimate of drug-likeness (QED) is 0.769. The number of carbonyl (C=O) groups is 1. The zero-order valence-electron chi connectivity index (χ0n) is 10.7. The van der Waals surface area contributed by atoms with E-state index in [2.05, 4.69) is 16.8 Å². The molecule has 0 spiro atoms. The van der Waals surface area contributed by atoms with E-state index in [-0.39, 0.29) is 12.1 Å². The molecule has 1 atom stereocenters. The molecule has 0 bridgehead atoms. The minimum absolute atomic E-state index is 0.0833. The molecular weight excluding hydrogens is 248 g/mol. The van der Waals surface area contributed by atoms with Crippen LogP contribution < -0.4 is 5.32 Å². The molecule has 1 aromatic rings. The van der Waals surface area contributed by atoms with Gasteiger partial charge < -0.3 is 9.64 Å². The van der Waals surface area contributed by atoms with Gasteiger partial charge in [0.25, 0.3) is 0 Å². The van der Waals surface area contributed by atoms with Crippen molar-refractivity contribution in [1.29, 1.82) is 0 Å². The average Bonchev–Trinajstić information content (AvgIpc) is 2.99. The molecule has 4 nitrogen and oxygen atoms in total. The number of unbranched alkanes of at least 4 members (excludes halogenated alkanes) is 2. The highest BCUT2D eigenvalue weighted by molar-refractivity contribution is 7.10. The Morgan fingerprint density at radius 2 is 2.39 bits per heavy atom. The zero-order valence-corrected chi connectivity index (χ0v) is 11.5. The third kappa shape index (κ3) is 3.31. The molecule has 1 saturated heterocycles. The molecule has 2 heterocycles. The first kappa shape index (κ1) is 13.5. The summed E-state index contributed by atoms with van der Waals surface area (Å²) in [6.07, 6.45) is 3.29. The molecular formula is C13H20N2O2S. The van der Waals surface area contributed by atoms with Gasteiger partial charge in [-0.15, -0.1) is 11.3 Å². The first-order chi connectivity index (χ1) is 8.83. The van der Waals surface area contributed by atoms with Gasteiger partial charge in [-0.2, -0.15) is 0 Å². The third-order valence-corrected chi connectivity index (χ3v) is 4.06. The number of methoxy groups -OCH3 is 1. The highest BCUT2D eigenvalue weighted by Crippen LogP contribution is 2.26. The summed E-state index contributed by atoms with van der Waals surface area (Å²) in [4.78, 5) is 15.0. The number of thiophene rings is 1. The Morgan fingerprint density at radius 3 is 3.11 bits per heavy atom. The summed E-state index contributed by atoms with van der Waals surface area (Å²) >= 11 is 1.70. The second kappa shape index (κ2) is 6.87. The molecule has 100 valence electrons. The Bertz CT molecular complexity index is 367. The summed E-state index contributed by atoms with van der Waals surface area (Å²) in [5.41, 5.74) is 0. The van der Waals surface area contributed by atoms with Crippen molar-refractivity contribution < 1.29 is 9.53 Å². The summed E-state index contributed by atoms with van der Waals surface area (Å²) in [5.74, 6) is 0.208. The molecule has 18 heavy (non-hydrogen) atoms. The number of hydrogen-bond acceptors (Lipinski definition) is 4. The van der Waals surface area contributed by atoms with Crippen molar-refractivity contribution in [2.24, 2.45) is 0 Å². The average molecular weight is 268 g/mol. The van der Waals surface area contributed by atoms with Crippen LogP contribution in [0, 0.1) is 0 Å². The number of nitrogens with one attached hydrogen (secondary N) is 1. The smallest absolute Gasteiger partial charge is 0.238 e. The molecule has 5 heteroatoms. The summed E-state index contributed by atoms with van der Waals surface area (Å²) in [6.45, 7) is 2.10. The largest absolute Gasteiger partial charge is 0.385 e. The summed E-state index contributed by atoms with van der Waals surface area (Å²) in [6, 6.07) is 4.11. The van der Waals surface area contributed by atoms with Crippen molar-refractivity contribution >= 4 is 17.2 Å². The van der Waals surface area contributed by atoms with Crippen molar-refractivity contribution in [2.45, 2.75) is 25.4 Å². The number of carbonyl (C=O) groups excluding carboxylic acids is 1.